The number of hydrogen-bond acceptors (Lipinski definition) is 1. The molecule has 0 heterocycles. The van der Waals surface area contributed by atoms with Crippen molar-refractivity contribution in [1.29, 1.82) is 0 Å². The first-order valence-electron chi connectivity index (χ1n) is 6.99. The Morgan fingerprint density at radius 3 is 2.85 bits per heavy atom. The summed E-state index contributed by atoms with van der Waals surface area (Å²) in [4.78, 5) is 11.9. The molecule has 1 aromatic carbocycles. The molecule has 0 saturated heterocycles. The number of amides is 1. The van der Waals surface area contributed by atoms with E-state index in [-0.39, 0.29) is 23.9 Å². The Labute approximate surface area is 117 Å². The van der Waals surface area contributed by atoms with Crippen LogP contribution in [0.2, 0.25) is 0 Å². The summed E-state index contributed by atoms with van der Waals surface area (Å²) in [6, 6.07) is 3.85. The van der Waals surface area contributed by atoms with Crippen LogP contribution in [0.5, 0.6) is 0 Å². The number of carbonyl (C=O) groups is 1. The summed E-state index contributed by atoms with van der Waals surface area (Å²) in [6.45, 7) is 1.93. The van der Waals surface area contributed by atoms with Gasteiger partial charge < -0.3 is 5.32 Å². The Balaban J connectivity index is 1.95. The summed E-state index contributed by atoms with van der Waals surface area (Å²) in [6.07, 6.45) is 6.41. The smallest absolute Gasteiger partial charge is 0.224 e. The van der Waals surface area contributed by atoms with Gasteiger partial charge in [-0.05, 0) is 38.7 Å². The zero-order chi connectivity index (χ0) is 14.5. The lowest BCUT2D eigenvalue weighted by molar-refractivity contribution is -0.120. The van der Waals surface area contributed by atoms with Crippen molar-refractivity contribution in [2.45, 2.75) is 45.1 Å². The third kappa shape index (κ3) is 3.65. The maximum atomic E-state index is 13.5. The van der Waals surface area contributed by atoms with E-state index >= 15 is 0 Å². The monoisotopic (exact) mass is 279 g/mol. The van der Waals surface area contributed by atoms with Gasteiger partial charge in [-0.3, -0.25) is 4.79 Å². The number of benzene rings is 1. The van der Waals surface area contributed by atoms with E-state index in [4.69, 9.17) is 0 Å². The largest absolute Gasteiger partial charge is 0.350 e. The fraction of sp³-hybridized carbons (Fsp3) is 0.438. The first-order chi connectivity index (χ1) is 9.58. The summed E-state index contributed by atoms with van der Waals surface area (Å²) < 4.78 is 26.6. The van der Waals surface area contributed by atoms with Crippen molar-refractivity contribution in [2.75, 3.05) is 0 Å². The molecule has 1 N–H and O–H groups in total. The lowest BCUT2D eigenvalue weighted by Gasteiger charge is -2.21. The Bertz CT molecular complexity index is 525. The van der Waals surface area contributed by atoms with E-state index < -0.39 is 11.6 Å². The number of nitrogens with one attached hydrogen (secondary N) is 1. The van der Waals surface area contributed by atoms with Crippen molar-refractivity contribution in [3.05, 3.63) is 47.0 Å². The summed E-state index contributed by atoms with van der Waals surface area (Å²) in [5.74, 6) is -2.14. The second-order valence-electron chi connectivity index (χ2n) is 5.20. The molecule has 2 nitrogen and oxygen atoms in total. The lowest BCUT2D eigenvalue weighted by Crippen LogP contribution is -2.35. The minimum atomic E-state index is -0.938. The van der Waals surface area contributed by atoms with Crippen molar-refractivity contribution in [2.24, 2.45) is 0 Å². The number of carbonyl (C=O) groups excluding carboxylic acids is 1. The molecule has 0 radical (unpaired) electrons. The van der Waals surface area contributed by atoms with E-state index in [1.807, 2.05) is 6.92 Å². The second-order valence-corrected chi connectivity index (χ2v) is 5.20. The van der Waals surface area contributed by atoms with Crippen LogP contribution in [-0.4, -0.2) is 11.9 Å². The first kappa shape index (κ1) is 14.7. The van der Waals surface area contributed by atoms with Crippen LogP contribution in [0.15, 0.2) is 29.8 Å². The summed E-state index contributed by atoms with van der Waals surface area (Å²) in [7, 11) is 0. The van der Waals surface area contributed by atoms with E-state index in [1.165, 1.54) is 24.1 Å². The highest BCUT2D eigenvalue weighted by Gasteiger charge is 2.16. The van der Waals surface area contributed by atoms with Crippen molar-refractivity contribution in [3.8, 4) is 0 Å². The minimum absolute atomic E-state index is 0.0422. The van der Waals surface area contributed by atoms with Gasteiger partial charge in [0.25, 0.3) is 0 Å². The van der Waals surface area contributed by atoms with Gasteiger partial charge in [0.2, 0.25) is 5.91 Å². The van der Waals surface area contributed by atoms with Crippen LogP contribution in [-0.2, 0) is 11.2 Å². The fourth-order valence-electron chi connectivity index (χ4n) is 2.50. The molecule has 0 spiro atoms. The Kier molecular flexibility index (Phi) is 4.88. The molecule has 1 amide bonds. The highest BCUT2D eigenvalue weighted by molar-refractivity contribution is 5.79. The molecular formula is C16H19F2NO. The summed E-state index contributed by atoms with van der Waals surface area (Å²) in [5, 5.41) is 2.85. The van der Waals surface area contributed by atoms with Gasteiger partial charge in [-0.25, -0.2) is 8.78 Å². The van der Waals surface area contributed by atoms with Gasteiger partial charge in [0, 0.05) is 11.6 Å². The maximum absolute atomic E-state index is 13.5. The highest BCUT2D eigenvalue weighted by Crippen LogP contribution is 2.20. The van der Waals surface area contributed by atoms with Crippen LogP contribution in [0.1, 0.15) is 38.2 Å². The normalized spacial score (nSPS) is 16.4. The van der Waals surface area contributed by atoms with Gasteiger partial charge in [0.15, 0.2) is 11.6 Å². The van der Waals surface area contributed by atoms with Crippen LogP contribution in [0.3, 0.4) is 0 Å². The van der Waals surface area contributed by atoms with Crippen molar-refractivity contribution >= 4 is 5.91 Å². The Morgan fingerprint density at radius 1 is 1.35 bits per heavy atom. The highest BCUT2D eigenvalue weighted by atomic mass is 19.2. The average molecular weight is 279 g/mol. The third-order valence-electron chi connectivity index (χ3n) is 3.64. The van der Waals surface area contributed by atoms with Gasteiger partial charge in [-0.15, -0.1) is 0 Å². The maximum Gasteiger partial charge on any atom is 0.224 e. The topological polar surface area (TPSA) is 29.1 Å². The fourth-order valence-corrected chi connectivity index (χ4v) is 2.50. The molecule has 2 rings (SSSR count). The van der Waals surface area contributed by atoms with E-state index in [0.29, 0.717) is 0 Å². The van der Waals surface area contributed by atoms with Crippen molar-refractivity contribution in [1.82, 2.24) is 5.32 Å². The average Bonchev–Trinajstić information content (AvgIpc) is 2.45. The van der Waals surface area contributed by atoms with E-state index in [2.05, 4.69) is 11.4 Å². The molecule has 1 aliphatic carbocycles. The van der Waals surface area contributed by atoms with E-state index in [0.717, 1.165) is 25.3 Å². The number of halogens is 2. The quantitative estimate of drug-likeness (QED) is 0.840. The lowest BCUT2D eigenvalue weighted by atomic mass is 9.94. The Hall–Kier alpha value is -1.71. The van der Waals surface area contributed by atoms with Crippen LogP contribution >= 0.6 is 0 Å². The van der Waals surface area contributed by atoms with Gasteiger partial charge in [-0.1, -0.05) is 23.8 Å². The number of rotatable bonds is 4. The van der Waals surface area contributed by atoms with Gasteiger partial charge in [0.05, 0.1) is 6.42 Å². The standard InChI is InChI=1S/C16H19F2NO/c1-11(12-6-3-2-4-7-12)19-15(20)10-13-8-5-9-14(17)16(13)18/h5-6,8-9,11H,2-4,7,10H2,1H3,(H,19,20). The Morgan fingerprint density at radius 2 is 2.15 bits per heavy atom. The first-order valence-corrected chi connectivity index (χ1v) is 6.99. The molecule has 1 aliphatic rings. The summed E-state index contributed by atoms with van der Waals surface area (Å²) >= 11 is 0. The molecule has 0 aliphatic heterocycles. The zero-order valence-corrected chi connectivity index (χ0v) is 11.6. The van der Waals surface area contributed by atoms with E-state index in [1.54, 1.807) is 0 Å². The molecule has 1 atom stereocenters. The van der Waals surface area contributed by atoms with Crippen LogP contribution < -0.4 is 5.32 Å². The van der Waals surface area contributed by atoms with Crippen LogP contribution in [0.4, 0.5) is 8.78 Å². The van der Waals surface area contributed by atoms with Crippen LogP contribution in [0, 0.1) is 11.6 Å². The molecule has 1 unspecified atom stereocenters. The molecule has 0 bridgehead atoms. The molecule has 0 saturated carbocycles. The molecule has 0 fully saturated rings. The predicted molar refractivity (Wildman–Crippen MR) is 74.2 cm³/mol. The van der Waals surface area contributed by atoms with Gasteiger partial charge >= 0.3 is 0 Å². The predicted octanol–water partition coefficient (Wildman–Crippen LogP) is 3.51. The number of allylic oxidation sites excluding steroid dienone is 1. The zero-order valence-electron chi connectivity index (χ0n) is 11.6. The van der Waals surface area contributed by atoms with Crippen molar-refractivity contribution in [3.63, 3.8) is 0 Å². The summed E-state index contributed by atoms with van der Waals surface area (Å²) in [5.41, 5.74) is 1.32. The molecule has 108 valence electrons. The van der Waals surface area contributed by atoms with E-state index in [9.17, 15) is 13.6 Å². The molecule has 20 heavy (non-hydrogen) atoms. The molecule has 1 aromatic rings. The SMILES string of the molecule is CC(NC(=O)Cc1cccc(F)c1F)C1=CCCCC1. The molecular weight excluding hydrogens is 260 g/mol. The number of hydrogen-bond donors (Lipinski definition) is 1. The van der Waals surface area contributed by atoms with Crippen molar-refractivity contribution < 1.29 is 13.6 Å². The van der Waals surface area contributed by atoms with Gasteiger partial charge in [-0.2, -0.15) is 0 Å². The third-order valence-corrected chi connectivity index (χ3v) is 3.64. The minimum Gasteiger partial charge on any atom is -0.350 e. The molecule has 0 aromatic heterocycles. The van der Waals surface area contributed by atoms with Crippen LogP contribution in [0.25, 0.3) is 0 Å². The molecule has 4 heteroatoms. The van der Waals surface area contributed by atoms with Gasteiger partial charge in [0.1, 0.15) is 0 Å². The second kappa shape index (κ2) is 6.64.